The second kappa shape index (κ2) is 9.03. The molecular weight excluding hydrogens is 377 g/mol. The molecule has 1 fully saturated rings. The number of halogens is 1. The minimum atomic E-state index is -3.50. The predicted molar refractivity (Wildman–Crippen MR) is 111 cm³/mol. The van der Waals surface area contributed by atoms with Gasteiger partial charge in [-0.05, 0) is 35.7 Å². The maximum Gasteiger partial charge on any atom is 0.240 e. The smallest absolute Gasteiger partial charge is 0.240 e. The van der Waals surface area contributed by atoms with Crippen LogP contribution in [-0.2, 0) is 10.0 Å². The van der Waals surface area contributed by atoms with E-state index in [0.717, 1.165) is 31.7 Å². The van der Waals surface area contributed by atoms with Crippen molar-refractivity contribution >= 4 is 15.7 Å². The zero-order valence-corrected chi connectivity index (χ0v) is 17.3. The lowest BCUT2D eigenvalue weighted by Gasteiger charge is -2.36. The number of anilines is 1. The first kappa shape index (κ1) is 20.8. The number of nitrogens with zero attached hydrogens (tertiary/aromatic N) is 2. The summed E-state index contributed by atoms with van der Waals surface area (Å²) in [5.74, 6) is 0.167. The van der Waals surface area contributed by atoms with Crippen molar-refractivity contribution in [1.29, 1.82) is 0 Å². The SMILES string of the molecule is CC(C)c1ccc(S(=O)(=O)NCCN2CCN(c3ccccc3F)CC2)cc1. The van der Waals surface area contributed by atoms with Crippen LogP contribution in [-0.4, -0.2) is 52.6 Å². The van der Waals surface area contributed by atoms with Crippen LogP contribution < -0.4 is 9.62 Å². The summed E-state index contributed by atoms with van der Waals surface area (Å²) in [4.78, 5) is 4.52. The second-order valence-corrected chi connectivity index (χ2v) is 9.17. The molecule has 2 aromatic rings. The molecule has 2 aromatic carbocycles. The minimum Gasteiger partial charge on any atom is -0.367 e. The van der Waals surface area contributed by atoms with Crippen molar-refractivity contribution in [3.05, 3.63) is 59.9 Å². The summed E-state index contributed by atoms with van der Waals surface area (Å²) in [6, 6.07) is 13.8. The molecule has 0 aromatic heterocycles. The maximum atomic E-state index is 13.9. The zero-order valence-electron chi connectivity index (χ0n) is 16.4. The van der Waals surface area contributed by atoms with E-state index in [1.165, 1.54) is 6.07 Å². The van der Waals surface area contributed by atoms with Gasteiger partial charge in [0.25, 0.3) is 0 Å². The Hall–Kier alpha value is -1.96. The molecule has 1 N–H and O–H groups in total. The van der Waals surface area contributed by atoms with E-state index < -0.39 is 10.0 Å². The molecule has 0 radical (unpaired) electrons. The van der Waals surface area contributed by atoms with Crippen LogP contribution in [0, 0.1) is 5.82 Å². The number of para-hydroxylation sites is 1. The summed E-state index contributed by atoms with van der Waals surface area (Å²) in [5.41, 5.74) is 1.75. The largest absolute Gasteiger partial charge is 0.367 e. The second-order valence-electron chi connectivity index (χ2n) is 7.40. The molecule has 1 aliphatic heterocycles. The number of hydrogen-bond donors (Lipinski definition) is 1. The molecular formula is C21H28FN3O2S. The molecule has 0 aliphatic carbocycles. The molecule has 5 nitrogen and oxygen atoms in total. The van der Waals surface area contributed by atoms with Gasteiger partial charge in [-0.15, -0.1) is 0 Å². The van der Waals surface area contributed by atoms with Crippen molar-refractivity contribution < 1.29 is 12.8 Å². The third-order valence-electron chi connectivity index (χ3n) is 5.14. The first-order chi connectivity index (χ1) is 13.4. The van der Waals surface area contributed by atoms with Crippen LogP contribution in [0.5, 0.6) is 0 Å². The minimum absolute atomic E-state index is 0.202. The van der Waals surface area contributed by atoms with E-state index >= 15 is 0 Å². The lowest BCUT2D eigenvalue weighted by Crippen LogP contribution is -2.48. The van der Waals surface area contributed by atoms with Crippen molar-refractivity contribution in [2.75, 3.05) is 44.2 Å². The molecule has 0 spiro atoms. The normalized spacial score (nSPS) is 15.9. The monoisotopic (exact) mass is 405 g/mol. The summed E-state index contributed by atoms with van der Waals surface area (Å²) in [5, 5.41) is 0. The average molecular weight is 406 g/mol. The lowest BCUT2D eigenvalue weighted by molar-refractivity contribution is 0.261. The van der Waals surface area contributed by atoms with E-state index in [-0.39, 0.29) is 5.82 Å². The van der Waals surface area contributed by atoms with Crippen molar-refractivity contribution in [3.63, 3.8) is 0 Å². The van der Waals surface area contributed by atoms with Crippen LogP contribution >= 0.6 is 0 Å². The molecule has 0 unspecified atom stereocenters. The Morgan fingerprint density at radius 1 is 1.00 bits per heavy atom. The van der Waals surface area contributed by atoms with Crippen molar-refractivity contribution in [2.24, 2.45) is 0 Å². The zero-order chi connectivity index (χ0) is 20.1. The van der Waals surface area contributed by atoms with E-state index in [0.29, 0.717) is 29.6 Å². The molecule has 1 aliphatic rings. The molecule has 7 heteroatoms. The Balaban J connectivity index is 1.47. The van der Waals surface area contributed by atoms with Crippen LogP contribution in [0.4, 0.5) is 10.1 Å². The van der Waals surface area contributed by atoms with E-state index in [9.17, 15) is 12.8 Å². The van der Waals surface area contributed by atoms with E-state index in [1.807, 2.05) is 23.1 Å². The molecule has 0 bridgehead atoms. The summed E-state index contributed by atoms with van der Waals surface area (Å²) in [6.07, 6.45) is 0. The Morgan fingerprint density at radius 2 is 1.64 bits per heavy atom. The Bertz CT molecular complexity index is 877. The number of benzene rings is 2. The van der Waals surface area contributed by atoms with Gasteiger partial charge < -0.3 is 4.90 Å². The first-order valence-corrected chi connectivity index (χ1v) is 11.2. The number of sulfonamides is 1. The van der Waals surface area contributed by atoms with Gasteiger partial charge in [-0.25, -0.2) is 17.5 Å². The van der Waals surface area contributed by atoms with Gasteiger partial charge in [0.15, 0.2) is 0 Å². The highest BCUT2D eigenvalue weighted by atomic mass is 32.2. The number of nitrogens with one attached hydrogen (secondary N) is 1. The molecule has 152 valence electrons. The third-order valence-corrected chi connectivity index (χ3v) is 6.62. The molecule has 3 rings (SSSR count). The standard InChI is InChI=1S/C21H28FN3O2S/c1-17(2)18-7-9-19(10-8-18)28(26,27)23-11-12-24-13-15-25(16-14-24)21-6-4-3-5-20(21)22/h3-10,17,23H,11-16H2,1-2H3. The van der Waals surface area contributed by atoms with Crippen molar-refractivity contribution in [3.8, 4) is 0 Å². The first-order valence-electron chi connectivity index (χ1n) is 9.68. The van der Waals surface area contributed by atoms with E-state index in [4.69, 9.17) is 0 Å². The molecule has 1 heterocycles. The Kier molecular flexibility index (Phi) is 6.69. The van der Waals surface area contributed by atoms with Gasteiger partial charge in [-0.1, -0.05) is 38.1 Å². The van der Waals surface area contributed by atoms with Gasteiger partial charge in [0.2, 0.25) is 10.0 Å². The van der Waals surface area contributed by atoms with Crippen molar-refractivity contribution in [1.82, 2.24) is 9.62 Å². The highest BCUT2D eigenvalue weighted by Crippen LogP contribution is 2.20. The molecule has 0 atom stereocenters. The van der Waals surface area contributed by atoms with Crippen LogP contribution in [0.1, 0.15) is 25.3 Å². The fraction of sp³-hybridized carbons (Fsp3) is 0.429. The highest BCUT2D eigenvalue weighted by molar-refractivity contribution is 7.89. The molecule has 0 amide bonds. The van der Waals surface area contributed by atoms with Crippen molar-refractivity contribution in [2.45, 2.75) is 24.7 Å². The van der Waals surface area contributed by atoms with Gasteiger partial charge in [0, 0.05) is 39.3 Å². The van der Waals surface area contributed by atoms with E-state index in [1.54, 1.807) is 24.3 Å². The summed E-state index contributed by atoms with van der Waals surface area (Å²) >= 11 is 0. The van der Waals surface area contributed by atoms with Gasteiger partial charge in [-0.3, -0.25) is 4.90 Å². The fourth-order valence-corrected chi connectivity index (χ4v) is 4.39. The van der Waals surface area contributed by atoms with Crippen LogP contribution in [0.3, 0.4) is 0 Å². The molecule has 28 heavy (non-hydrogen) atoms. The summed E-state index contributed by atoms with van der Waals surface area (Å²) in [7, 11) is -3.50. The number of piperazine rings is 1. The Morgan fingerprint density at radius 3 is 2.25 bits per heavy atom. The lowest BCUT2D eigenvalue weighted by atomic mass is 10.0. The van der Waals surface area contributed by atoms with Gasteiger partial charge in [-0.2, -0.15) is 0 Å². The topological polar surface area (TPSA) is 52.7 Å². The van der Waals surface area contributed by atoms with Crippen LogP contribution in [0.25, 0.3) is 0 Å². The van der Waals surface area contributed by atoms with Gasteiger partial charge in [0.05, 0.1) is 10.6 Å². The summed E-state index contributed by atoms with van der Waals surface area (Å²) in [6.45, 7) is 8.15. The number of hydrogen-bond acceptors (Lipinski definition) is 4. The third kappa shape index (κ3) is 5.10. The Labute approximate surface area is 167 Å². The molecule has 1 saturated heterocycles. The predicted octanol–water partition coefficient (Wildman–Crippen LogP) is 3.05. The fourth-order valence-electron chi connectivity index (χ4n) is 3.37. The van der Waals surface area contributed by atoms with E-state index in [2.05, 4.69) is 23.5 Å². The maximum absolute atomic E-state index is 13.9. The van der Waals surface area contributed by atoms with Gasteiger partial charge in [0.1, 0.15) is 5.82 Å². The quantitative estimate of drug-likeness (QED) is 0.769. The molecule has 0 saturated carbocycles. The number of rotatable bonds is 7. The van der Waals surface area contributed by atoms with Crippen LogP contribution in [0.2, 0.25) is 0 Å². The van der Waals surface area contributed by atoms with Gasteiger partial charge >= 0.3 is 0 Å². The van der Waals surface area contributed by atoms with Crippen LogP contribution in [0.15, 0.2) is 53.4 Å². The average Bonchev–Trinajstić information content (AvgIpc) is 2.69. The summed E-state index contributed by atoms with van der Waals surface area (Å²) < 4.78 is 41.5. The highest BCUT2D eigenvalue weighted by Gasteiger charge is 2.20.